The summed E-state index contributed by atoms with van der Waals surface area (Å²) in [6.45, 7) is 0. The molecule has 0 aliphatic rings. The molecule has 1 amide bonds. The number of H-pyrrole nitrogens is 1. The summed E-state index contributed by atoms with van der Waals surface area (Å²) in [6, 6.07) is 3.80. The van der Waals surface area contributed by atoms with Crippen molar-refractivity contribution in [3.63, 3.8) is 0 Å². The van der Waals surface area contributed by atoms with Crippen LogP contribution in [0.2, 0.25) is 0 Å². The lowest BCUT2D eigenvalue weighted by Crippen LogP contribution is -2.36. The van der Waals surface area contributed by atoms with Crippen LogP contribution in [0.4, 0.5) is 18.9 Å². The summed E-state index contributed by atoms with van der Waals surface area (Å²) in [7, 11) is 0. The number of anilines is 1. The minimum absolute atomic E-state index is 0.251. The quantitative estimate of drug-likeness (QED) is 0.632. The molecule has 0 radical (unpaired) electrons. The first-order valence-corrected chi connectivity index (χ1v) is 4.27. The Morgan fingerprint density at radius 2 is 2.12 bits per heavy atom. The highest BCUT2D eigenvalue weighted by molar-refractivity contribution is 5.84. The van der Waals surface area contributed by atoms with Crippen LogP contribution in [-0.4, -0.2) is 22.7 Å². The van der Waals surface area contributed by atoms with Crippen LogP contribution in [0.5, 0.6) is 0 Å². The Balaban J connectivity index is 2.49. The summed E-state index contributed by atoms with van der Waals surface area (Å²) in [5, 5.41) is 0. The number of rotatable bonds is 2. The van der Waals surface area contributed by atoms with Crippen molar-refractivity contribution in [1.82, 2.24) is 9.97 Å². The molecule has 1 N–H and O–H groups in total. The Morgan fingerprint density at radius 1 is 1.38 bits per heavy atom. The van der Waals surface area contributed by atoms with E-state index >= 15 is 0 Å². The monoisotopic (exact) mass is 229 g/mol. The third-order valence-electron chi connectivity index (χ3n) is 2.06. The van der Waals surface area contributed by atoms with Crippen LogP contribution in [0.3, 0.4) is 0 Å². The van der Waals surface area contributed by atoms with Gasteiger partial charge in [0.25, 0.3) is 0 Å². The van der Waals surface area contributed by atoms with Gasteiger partial charge in [-0.05, 0) is 18.2 Å². The maximum atomic E-state index is 12.4. The Morgan fingerprint density at radius 3 is 2.75 bits per heavy atom. The fraction of sp³-hybridized carbons (Fsp3) is 0.111. The molecular weight excluding hydrogens is 223 g/mol. The van der Waals surface area contributed by atoms with E-state index in [1.165, 1.54) is 24.5 Å². The van der Waals surface area contributed by atoms with Crippen LogP contribution in [0.15, 0.2) is 24.5 Å². The van der Waals surface area contributed by atoms with E-state index in [4.69, 9.17) is 0 Å². The first-order chi connectivity index (χ1) is 7.52. The zero-order valence-electron chi connectivity index (χ0n) is 7.82. The molecule has 0 saturated carbocycles. The van der Waals surface area contributed by atoms with Crippen molar-refractivity contribution in [2.24, 2.45) is 0 Å². The van der Waals surface area contributed by atoms with Gasteiger partial charge < -0.3 is 4.98 Å². The summed E-state index contributed by atoms with van der Waals surface area (Å²) < 4.78 is 37.2. The third-order valence-corrected chi connectivity index (χ3v) is 2.06. The third kappa shape index (κ3) is 1.71. The molecule has 0 spiro atoms. The van der Waals surface area contributed by atoms with Crippen molar-refractivity contribution in [3.8, 4) is 0 Å². The van der Waals surface area contributed by atoms with E-state index in [0.29, 0.717) is 11.0 Å². The number of carbonyl (C=O) groups excluding carboxylic acids is 1. The van der Waals surface area contributed by atoms with Crippen LogP contribution in [0.25, 0.3) is 11.0 Å². The van der Waals surface area contributed by atoms with Gasteiger partial charge in [-0.1, -0.05) is 0 Å². The molecule has 1 heterocycles. The standard InChI is InChI=1S/C9H6F3N3O/c10-9(11,12)15(5-16)6-1-2-7-8(3-6)14-4-13-7/h1-5H,(H,13,14). The fourth-order valence-corrected chi connectivity index (χ4v) is 1.34. The van der Waals surface area contributed by atoms with E-state index in [9.17, 15) is 18.0 Å². The van der Waals surface area contributed by atoms with Crippen LogP contribution < -0.4 is 4.90 Å². The Hall–Kier alpha value is -2.05. The first-order valence-electron chi connectivity index (χ1n) is 4.27. The van der Waals surface area contributed by atoms with Crippen LogP contribution in [0.1, 0.15) is 0 Å². The molecule has 4 nitrogen and oxygen atoms in total. The van der Waals surface area contributed by atoms with E-state index in [2.05, 4.69) is 9.97 Å². The number of hydrogen-bond donors (Lipinski definition) is 1. The van der Waals surface area contributed by atoms with Crippen molar-refractivity contribution < 1.29 is 18.0 Å². The molecule has 0 fully saturated rings. The minimum atomic E-state index is -4.73. The molecular formula is C9H6F3N3O. The largest absolute Gasteiger partial charge is 0.491 e. The second kappa shape index (κ2) is 3.51. The summed E-state index contributed by atoms with van der Waals surface area (Å²) in [5.74, 6) is 0. The van der Waals surface area contributed by atoms with Gasteiger partial charge in [0.05, 0.1) is 23.0 Å². The Bertz CT molecular complexity index is 520. The maximum Gasteiger partial charge on any atom is 0.491 e. The van der Waals surface area contributed by atoms with Gasteiger partial charge in [0.1, 0.15) is 0 Å². The minimum Gasteiger partial charge on any atom is -0.345 e. The van der Waals surface area contributed by atoms with E-state index in [1.54, 1.807) is 0 Å². The number of aromatic amines is 1. The van der Waals surface area contributed by atoms with Gasteiger partial charge >= 0.3 is 6.30 Å². The predicted molar refractivity (Wildman–Crippen MR) is 50.7 cm³/mol. The number of benzene rings is 1. The predicted octanol–water partition coefficient (Wildman–Crippen LogP) is 2.05. The molecule has 2 rings (SSSR count). The summed E-state index contributed by atoms with van der Waals surface area (Å²) in [4.78, 5) is 16.6. The number of alkyl halides is 3. The van der Waals surface area contributed by atoms with Crippen molar-refractivity contribution in [1.29, 1.82) is 0 Å². The molecule has 0 saturated heterocycles. The second-order valence-corrected chi connectivity index (χ2v) is 3.05. The lowest BCUT2D eigenvalue weighted by Gasteiger charge is -2.19. The number of hydrogen-bond acceptors (Lipinski definition) is 2. The molecule has 84 valence electrons. The van der Waals surface area contributed by atoms with Crippen molar-refractivity contribution >= 4 is 23.1 Å². The van der Waals surface area contributed by atoms with E-state index < -0.39 is 6.30 Å². The van der Waals surface area contributed by atoms with Crippen molar-refractivity contribution in [2.75, 3.05) is 4.90 Å². The number of imidazole rings is 1. The molecule has 2 aromatic rings. The van der Waals surface area contributed by atoms with Crippen LogP contribution in [-0.2, 0) is 4.79 Å². The lowest BCUT2D eigenvalue weighted by molar-refractivity contribution is -0.141. The molecule has 1 aromatic heterocycles. The summed E-state index contributed by atoms with van der Waals surface area (Å²) >= 11 is 0. The maximum absolute atomic E-state index is 12.4. The van der Waals surface area contributed by atoms with Gasteiger partial charge in [-0.2, -0.15) is 0 Å². The molecule has 0 unspecified atom stereocenters. The van der Waals surface area contributed by atoms with Gasteiger partial charge in [0.15, 0.2) is 0 Å². The molecule has 7 heteroatoms. The van der Waals surface area contributed by atoms with E-state index in [1.807, 2.05) is 0 Å². The molecule has 0 atom stereocenters. The number of fused-ring (bicyclic) bond motifs is 1. The van der Waals surface area contributed by atoms with Crippen molar-refractivity contribution in [3.05, 3.63) is 24.5 Å². The highest BCUT2D eigenvalue weighted by atomic mass is 19.4. The molecule has 1 aromatic carbocycles. The molecule has 16 heavy (non-hydrogen) atoms. The highest BCUT2D eigenvalue weighted by Crippen LogP contribution is 2.28. The fourth-order valence-electron chi connectivity index (χ4n) is 1.34. The van der Waals surface area contributed by atoms with Crippen molar-refractivity contribution in [2.45, 2.75) is 6.30 Å². The van der Waals surface area contributed by atoms with Gasteiger partial charge in [-0.25, -0.2) is 9.88 Å². The SMILES string of the molecule is O=CN(c1ccc2nc[nH]c2c1)C(F)(F)F. The second-order valence-electron chi connectivity index (χ2n) is 3.05. The van der Waals surface area contributed by atoms with E-state index in [0.717, 1.165) is 0 Å². The Labute approximate surface area is 87.7 Å². The average molecular weight is 229 g/mol. The van der Waals surface area contributed by atoms with Crippen LogP contribution in [0, 0.1) is 0 Å². The number of nitrogens with zero attached hydrogens (tertiary/aromatic N) is 2. The number of carbonyl (C=O) groups is 1. The zero-order valence-corrected chi connectivity index (χ0v) is 7.82. The summed E-state index contributed by atoms with van der Waals surface area (Å²) in [6.07, 6.45) is -3.62. The number of nitrogens with one attached hydrogen (secondary N) is 1. The van der Waals surface area contributed by atoms with Gasteiger partial charge in [0.2, 0.25) is 6.41 Å². The van der Waals surface area contributed by atoms with Gasteiger partial charge in [-0.3, -0.25) is 4.79 Å². The normalized spacial score (nSPS) is 11.7. The highest BCUT2D eigenvalue weighted by Gasteiger charge is 2.37. The van der Waals surface area contributed by atoms with Gasteiger partial charge in [0, 0.05) is 0 Å². The summed E-state index contributed by atoms with van der Waals surface area (Å²) in [5.41, 5.74) is 0.727. The molecule has 0 aliphatic heterocycles. The zero-order chi connectivity index (χ0) is 11.8. The smallest absolute Gasteiger partial charge is 0.345 e. The molecule has 0 aliphatic carbocycles. The Kier molecular flexibility index (Phi) is 2.30. The number of aromatic nitrogens is 2. The van der Waals surface area contributed by atoms with Crippen LogP contribution >= 0.6 is 0 Å². The average Bonchev–Trinajstić information content (AvgIpc) is 2.63. The first kappa shape index (κ1) is 10.5. The lowest BCUT2D eigenvalue weighted by atomic mass is 10.2. The van der Waals surface area contributed by atoms with E-state index in [-0.39, 0.29) is 17.0 Å². The van der Waals surface area contributed by atoms with Gasteiger partial charge in [-0.15, -0.1) is 13.2 Å². The number of amides is 1. The topological polar surface area (TPSA) is 49.0 Å². The molecule has 0 bridgehead atoms. The number of halogens is 3.